The molecule has 0 unspecified atom stereocenters. The van der Waals surface area contributed by atoms with Crippen molar-refractivity contribution in [2.75, 3.05) is 21.3 Å². The molecule has 0 bridgehead atoms. The predicted octanol–water partition coefficient (Wildman–Crippen LogP) is 3.60. The van der Waals surface area contributed by atoms with E-state index in [1.54, 1.807) is 18.2 Å². The van der Waals surface area contributed by atoms with Gasteiger partial charge in [0, 0.05) is 11.1 Å². The monoisotopic (exact) mass is 342 g/mol. The number of rotatable bonds is 4. The van der Waals surface area contributed by atoms with E-state index in [9.17, 15) is 5.21 Å². The Bertz CT molecular complexity index is 765. The molecule has 0 radical (unpaired) electrons. The van der Waals surface area contributed by atoms with Crippen molar-refractivity contribution in [1.29, 1.82) is 5.26 Å². The second kappa shape index (κ2) is 6.26. The van der Waals surface area contributed by atoms with Gasteiger partial charge in [-0.25, -0.2) is 0 Å². The Balaban J connectivity index is 2.83. The van der Waals surface area contributed by atoms with Gasteiger partial charge in [0.05, 0.1) is 26.4 Å². The molecule has 1 aromatic carbocycles. The van der Waals surface area contributed by atoms with Gasteiger partial charge >= 0.3 is 0 Å². The summed E-state index contributed by atoms with van der Waals surface area (Å²) in [6.45, 7) is 0. The summed E-state index contributed by atoms with van der Waals surface area (Å²) in [5.74, 6) is 1.12. The zero-order valence-electron chi connectivity index (χ0n) is 12.0. The first-order chi connectivity index (χ1) is 10.5. The van der Waals surface area contributed by atoms with Crippen LogP contribution >= 0.6 is 23.2 Å². The molecule has 1 N–H and O–H groups in total. The third-order valence-corrected chi connectivity index (χ3v) is 3.83. The van der Waals surface area contributed by atoms with Crippen LogP contribution in [0.4, 0.5) is 0 Å². The van der Waals surface area contributed by atoms with Gasteiger partial charge in [-0.1, -0.05) is 23.2 Å². The number of hydrogen-bond donors (Lipinski definition) is 1. The average molecular weight is 343 g/mol. The van der Waals surface area contributed by atoms with Crippen LogP contribution in [-0.4, -0.2) is 31.3 Å². The van der Waals surface area contributed by atoms with Crippen LogP contribution in [0.3, 0.4) is 0 Å². The third kappa shape index (κ3) is 2.28. The molecule has 0 aliphatic heterocycles. The van der Waals surface area contributed by atoms with Crippen molar-refractivity contribution in [3.63, 3.8) is 0 Å². The summed E-state index contributed by atoms with van der Waals surface area (Å²) in [6.07, 6.45) is 0. The van der Waals surface area contributed by atoms with Crippen LogP contribution in [0.5, 0.6) is 17.2 Å². The molecule has 0 fully saturated rings. The lowest BCUT2D eigenvalue weighted by Gasteiger charge is -2.15. The highest BCUT2D eigenvalue weighted by Gasteiger charge is 2.26. The molecule has 0 amide bonds. The van der Waals surface area contributed by atoms with Crippen molar-refractivity contribution in [2.24, 2.45) is 0 Å². The maximum atomic E-state index is 9.83. The molecule has 2 rings (SSSR count). The second-order valence-corrected chi connectivity index (χ2v) is 4.87. The van der Waals surface area contributed by atoms with Gasteiger partial charge in [-0.3, -0.25) is 0 Å². The Morgan fingerprint density at radius 2 is 1.73 bits per heavy atom. The van der Waals surface area contributed by atoms with Gasteiger partial charge in [0.25, 0.3) is 0 Å². The molecular weight excluding hydrogens is 331 g/mol. The highest BCUT2D eigenvalue weighted by molar-refractivity contribution is 6.40. The molecule has 116 valence electrons. The van der Waals surface area contributed by atoms with E-state index in [1.807, 2.05) is 0 Å². The maximum absolute atomic E-state index is 9.83. The zero-order valence-corrected chi connectivity index (χ0v) is 13.5. The van der Waals surface area contributed by atoms with E-state index in [0.29, 0.717) is 27.5 Å². The number of nitrogens with zero attached hydrogens (tertiary/aromatic N) is 2. The summed E-state index contributed by atoms with van der Waals surface area (Å²) in [4.78, 5) is 0. The minimum Gasteiger partial charge on any atom is -0.493 e. The fraction of sp³-hybridized carbons (Fsp3) is 0.214. The summed E-state index contributed by atoms with van der Waals surface area (Å²) in [7, 11) is 4.41. The fourth-order valence-corrected chi connectivity index (χ4v) is 2.77. The number of aromatic nitrogens is 1. The molecule has 0 saturated carbocycles. The quantitative estimate of drug-likeness (QED) is 0.859. The van der Waals surface area contributed by atoms with Crippen molar-refractivity contribution in [2.45, 2.75) is 0 Å². The fourth-order valence-electron chi connectivity index (χ4n) is 2.13. The van der Waals surface area contributed by atoms with Crippen LogP contribution < -0.4 is 14.2 Å². The molecule has 6 nitrogen and oxygen atoms in total. The van der Waals surface area contributed by atoms with E-state index < -0.39 is 0 Å². The number of ether oxygens (including phenoxy) is 3. The molecule has 1 heterocycles. The number of hydrogen-bond acceptors (Lipinski definition) is 5. The Hall–Kier alpha value is -2.23. The summed E-state index contributed by atoms with van der Waals surface area (Å²) < 4.78 is 16.4. The molecule has 2 aromatic rings. The second-order valence-electron chi connectivity index (χ2n) is 4.13. The van der Waals surface area contributed by atoms with Crippen molar-refractivity contribution in [3.8, 4) is 34.4 Å². The van der Waals surface area contributed by atoms with Gasteiger partial charge in [-0.05, 0) is 12.1 Å². The van der Waals surface area contributed by atoms with E-state index >= 15 is 0 Å². The van der Waals surface area contributed by atoms with Crippen molar-refractivity contribution >= 4 is 23.2 Å². The third-order valence-electron chi connectivity index (χ3n) is 3.11. The average Bonchev–Trinajstić information content (AvgIpc) is 2.75. The lowest BCUT2D eigenvalue weighted by molar-refractivity contribution is 0.186. The Kier molecular flexibility index (Phi) is 4.59. The minimum atomic E-state index is -0.168. The summed E-state index contributed by atoms with van der Waals surface area (Å²) in [5, 5.41) is 18.8. The normalized spacial score (nSPS) is 10.2. The van der Waals surface area contributed by atoms with Crippen LogP contribution in [-0.2, 0) is 0 Å². The lowest BCUT2D eigenvalue weighted by Crippen LogP contribution is -1.97. The van der Waals surface area contributed by atoms with Gasteiger partial charge < -0.3 is 19.4 Å². The molecule has 0 aliphatic carbocycles. The van der Waals surface area contributed by atoms with Crippen LogP contribution in [0.1, 0.15) is 5.69 Å². The summed E-state index contributed by atoms with van der Waals surface area (Å²) in [6, 6.07) is 5.07. The Morgan fingerprint density at radius 3 is 2.18 bits per heavy atom. The lowest BCUT2D eigenvalue weighted by atomic mass is 10.1. The van der Waals surface area contributed by atoms with Gasteiger partial charge in [-0.15, -0.1) is 0 Å². The van der Waals surface area contributed by atoms with Crippen molar-refractivity contribution in [1.82, 2.24) is 4.73 Å². The van der Waals surface area contributed by atoms with Gasteiger partial charge in [0.1, 0.15) is 6.07 Å². The number of nitriles is 1. The molecule has 0 saturated heterocycles. The topological polar surface area (TPSA) is 76.6 Å². The Labute approximate surface area is 136 Å². The van der Waals surface area contributed by atoms with Crippen molar-refractivity contribution in [3.05, 3.63) is 28.0 Å². The Morgan fingerprint density at radius 1 is 1.09 bits per heavy atom. The van der Waals surface area contributed by atoms with E-state index in [4.69, 9.17) is 42.7 Å². The number of benzene rings is 1. The molecule has 8 heteroatoms. The standard InChI is InChI=1S/C14H12Cl2N2O4/c1-20-9-5-4-7(12(21-2)13(9)22-3)10-11(15)8(6-17)18(19)14(10)16/h4-5,19H,1-3H3. The molecule has 0 spiro atoms. The molecular formula is C14H12Cl2N2O4. The maximum Gasteiger partial charge on any atom is 0.203 e. The van der Waals surface area contributed by atoms with E-state index in [0.717, 1.165) is 0 Å². The van der Waals surface area contributed by atoms with Gasteiger partial charge in [0.15, 0.2) is 22.3 Å². The first-order valence-electron chi connectivity index (χ1n) is 6.00. The number of methoxy groups -OCH3 is 3. The first-order valence-corrected chi connectivity index (χ1v) is 6.75. The summed E-state index contributed by atoms with van der Waals surface area (Å²) in [5.41, 5.74) is 0.554. The predicted molar refractivity (Wildman–Crippen MR) is 81.4 cm³/mol. The summed E-state index contributed by atoms with van der Waals surface area (Å²) >= 11 is 12.2. The van der Waals surface area contributed by atoms with E-state index in [-0.39, 0.29) is 21.4 Å². The molecule has 22 heavy (non-hydrogen) atoms. The SMILES string of the molecule is COc1ccc(-c2c(Cl)c(C#N)n(O)c2Cl)c(OC)c1OC. The van der Waals surface area contributed by atoms with E-state index in [1.165, 1.54) is 21.3 Å². The molecule has 0 atom stereocenters. The zero-order chi connectivity index (χ0) is 16.4. The number of halogens is 2. The highest BCUT2D eigenvalue weighted by atomic mass is 35.5. The first kappa shape index (κ1) is 16.1. The van der Waals surface area contributed by atoms with Gasteiger partial charge in [0.2, 0.25) is 5.75 Å². The van der Waals surface area contributed by atoms with Gasteiger partial charge in [-0.2, -0.15) is 9.99 Å². The van der Waals surface area contributed by atoms with E-state index in [2.05, 4.69) is 0 Å². The van der Waals surface area contributed by atoms with Crippen LogP contribution in [0, 0.1) is 11.3 Å². The molecule has 1 aromatic heterocycles. The van der Waals surface area contributed by atoms with Crippen LogP contribution in [0.25, 0.3) is 11.1 Å². The smallest absolute Gasteiger partial charge is 0.203 e. The van der Waals surface area contributed by atoms with Crippen molar-refractivity contribution < 1.29 is 19.4 Å². The van der Waals surface area contributed by atoms with Crippen LogP contribution in [0.2, 0.25) is 10.2 Å². The van der Waals surface area contributed by atoms with Crippen LogP contribution in [0.15, 0.2) is 12.1 Å². The highest BCUT2D eigenvalue weighted by Crippen LogP contribution is 2.49. The molecule has 0 aliphatic rings. The largest absolute Gasteiger partial charge is 0.493 e. The minimum absolute atomic E-state index is 0.0144.